The molecule has 0 unspecified atom stereocenters. The van der Waals surface area contributed by atoms with Gasteiger partial charge in [0.25, 0.3) is 0 Å². The first-order chi connectivity index (χ1) is 10.9. The molecule has 1 amide bonds. The fourth-order valence-corrected chi connectivity index (χ4v) is 2.83. The van der Waals surface area contributed by atoms with Crippen molar-refractivity contribution in [2.45, 2.75) is 20.3 Å². The van der Waals surface area contributed by atoms with Crippen molar-refractivity contribution in [3.05, 3.63) is 51.2 Å². The highest BCUT2D eigenvalue weighted by Gasteiger charge is 2.19. The quantitative estimate of drug-likeness (QED) is 0.754. The molecule has 3 rings (SSSR count). The molecule has 1 aliphatic heterocycles. The van der Waals surface area contributed by atoms with Crippen LogP contribution in [0.2, 0.25) is 0 Å². The molecule has 23 heavy (non-hydrogen) atoms. The molecule has 2 N–H and O–H groups in total. The lowest BCUT2D eigenvalue weighted by Gasteiger charge is -2.16. The number of carbonyl (C=O) groups is 1. The molecule has 1 aromatic rings. The number of carbonyl (C=O) groups excluding carboxylic acids is 1. The van der Waals surface area contributed by atoms with Crippen LogP contribution in [0.15, 0.2) is 33.5 Å². The van der Waals surface area contributed by atoms with Crippen molar-refractivity contribution in [2.24, 2.45) is 5.73 Å². The van der Waals surface area contributed by atoms with E-state index in [0.29, 0.717) is 22.7 Å². The molecule has 0 fully saturated rings. The van der Waals surface area contributed by atoms with Crippen LogP contribution < -0.4 is 15.9 Å². The zero-order valence-electron chi connectivity index (χ0n) is 13.2. The van der Waals surface area contributed by atoms with Gasteiger partial charge in [0, 0.05) is 23.1 Å². The molecular weight excluding hydrogens is 294 g/mol. The number of hydrogen-bond donors (Lipinski definition) is 1. The molecule has 0 radical (unpaired) electrons. The average molecular weight is 311 g/mol. The molecule has 1 aromatic carbocycles. The van der Waals surface area contributed by atoms with E-state index < -0.39 is 5.91 Å². The van der Waals surface area contributed by atoms with Gasteiger partial charge in [-0.15, -0.1) is 0 Å². The Morgan fingerprint density at radius 3 is 2.57 bits per heavy atom. The summed E-state index contributed by atoms with van der Waals surface area (Å²) in [6.07, 6.45) is 0.0762. The minimum atomic E-state index is -0.434. The number of hydrogen-bond acceptors (Lipinski definition) is 4. The second-order valence-corrected chi connectivity index (χ2v) is 5.66. The number of rotatable bonds is 3. The van der Waals surface area contributed by atoms with Gasteiger partial charge in [0.05, 0.1) is 13.5 Å². The lowest BCUT2D eigenvalue weighted by molar-refractivity contribution is -0.117. The van der Waals surface area contributed by atoms with Crippen LogP contribution in [0.25, 0.3) is 22.3 Å². The largest absolute Gasteiger partial charge is 0.496 e. The van der Waals surface area contributed by atoms with E-state index >= 15 is 0 Å². The first-order valence-corrected chi connectivity index (χ1v) is 7.23. The number of methoxy groups -OCH3 is 1. The molecule has 0 aromatic heterocycles. The Bertz CT molecular complexity index is 955. The van der Waals surface area contributed by atoms with Crippen LogP contribution >= 0.6 is 0 Å². The Balaban J connectivity index is 2.47. The number of amides is 1. The van der Waals surface area contributed by atoms with E-state index in [4.69, 9.17) is 14.9 Å². The molecular formula is C18H17NO4. The number of ether oxygens (including phenoxy) is 1. The third-order valence-electron chi connectivity index (χ3n) is 4.00. The highest BCUT2D eigenvalue weighted by Crippen LogP contribution is 2.36. The second-order valence-electron chi connectivity index (χ2n) is 5.66. The molecule has 0 saturated carbocycles. The second kappa shape index (κ2) is 5.43. The Morgan fingerprint density at radius 1 is 1.17 bits per heavy atom. The van der Waals surface area contributed by atoms with E-state index in [0.717, 1.165) is 22.1 Å². The van der Waals surface area contributed by atoms with Crippen LogP contribution in [-0.2, 0) is 11.2 Å². The highest BCUT2D eigenvalue weighted by atomic mass is 16.5. The lowest BCUT2D eigenvalue weighted by Crippen LogP contribution is -2.15. The topological polar surface area (TPSA) is 82.5 Å². The number of nitrogens with two attached hydrogens (primary N) is 1. The van der Waals surface area contributed by atoms with Crippen LogP contribution in [0.3, 0.4) is 0 Å². The zero-order chi connectivity index (χ0) is 16.7. The van der Waals surface area contributed by atoms with Gasteiger partial charge in [-0.05, 0) is 42.7 Å². The third kappa shape index (κ3) is 2.54. The maximum absolute atomic E-state index is 11.9. The minimum Gasteiger partial charge on any atom is -0.496 e. The number of primary amides is 1. The summed E-state index contributed by atoms with van der Waals surface area (Å²) in [5.74, 6) is 0.687. The minimum absolute atomic E-state index is 0.0762. The SMILES string of the molecule is COc1cc2oc3cc(=O)c(C)cc-3c(CC(N)=O)c2cc1C. The van der Waals surface area contributed by atoms with E-state index in [-0.39, 0.29) is 11.8 Å². The predicted octanol–water partition coefficient (Wildman–Crippen LogP) is 2.55. The smallest absolute Gasteiger partial charge is 0.221 e. The third-order valence-corrected chi connectivity index (χ3v) is 4.00. The first-order valence-electron chi connectivity index (χ1n) is 7.23. The van der Waals surface area contributed by atoms with Crippen LogP contribution in [0.5, 0.6) is 5.75 Å². The van der Waals surface area contributed by atoms with E-state index in [1.54, 1.807) is 26.2 Å². The normalized spacial score (nSPS) is 11.1. The van der Waals surface area contributed by atoms with Crippen LogP contribution in [0, 0.1) is 13.8 Å². The van der Waals surface area contributed by atoms with Crippen molar-refractivity contribution >= 4 is 16.9 Å². The molecule has 1 aliphatic carbocycles. The summed E-state index contributed by atoms with van der Waals surface area (Å²) in [6.45, 7) is 3.65. The molecule has 0 atom stereocenters. The Labute approximate surface area is 133 Å². The molecule has 5 nitrogen and oxygen atoms in total. The van der Waals surface area contributed by atoms with Gasteiger partial charge in [-0.1, -0.05) is 0 Å². The standard InChI is InChI=1S/C18H17NO4/c1-9-4-12-11(6-18(19)21)13-5-10(2)15(22-3)8-17(13)23-16(12)7-14(9)20/h4-5,7-8H,6H2,1-3H3,(H2,19,21). The van der Waals surface area contributed by atoms with Crippen LogP contribution in [0.1, 0.15) is 16.7 Å². The van der Waals surface area contributed by atoms with Gasteiger partial charge in [0.1, 0.15) is 17.1 Å². The highest BCUT2D eigenvalue weighted by molar-refractivity contribution is 5.93. The lowest BCUT2D eigenvalue weighted by atomic mass is 9.94. The molecule has 5 heteroatoms. The fourth-order valence-electron chi connectivity index (χ4n) is 2.83. The molecule has 0 saturated heterocycles. The van der Waals surface area contributed by atoms with E-state index in [2.05, 4.69) is 0 Å². The van der Waals surface area contributed by atoms with Gasteiger partial charge >= 0.3 is 0 Å². The van der Waals surface area contributed by atoms with Gasteiger partial charge in [0.2, 0.25) is 5.91 Å². The van der Waals surface area contributed by atoms with Crippen molar-refractivity contribution < 1.29 is 13.9 Å². The summed E-state index contributed by atoms with van der Waals surface area (Å²) in [6, 6.07) is 6.87. The van der Waals surface area contributed by atoms with Gasteiger partial charge in [-0.2, -0.15) is 0 Å². The molecule has 2 aliphatic rings. The van der Waals surface area contributed by atoms with Crippen molar-refractivity contribution in [1.82, 2.24) is 0 Å². The summed E-state index contributed by atoms with van der Waals surface area (Å²) in [4.78, 5) is 23.4. The fraction of sp³-hybridized carbons (Fsp3) is 0.222. The zero-order valence-corrected chi connectivity index (χ0v) is 13.2. The summed E-state index contributed by atoms with van der Waals surface area (Å²) < 4.78 is 11.2. The van der Waals surface area contributed by atoms with Crippen LogP contribution in [0.4, 0.5) is 0 Å². The summed E-state index contributed by atoms with van der Waals surface area (Å²) in [5, 5.41) is 0.799. The van der Waals surface area contributed by atoms with Crippen molar-refractivity contribution in [1.29, 1.82) is 0 Å². The van der Waals surface area contributed by atoms with E-state index in [1.165, 1.54) is 6.07 Å². The summed E-state index contributed by atoms with van der Waals surface area (Å²) in [7, 11) is 1.58. The predicted molar refractivity (Wildman–Crippen MR) is 88.0 cm³/mol. The van der Waals surface area contributed by atoms with Gasteiger partial charge in [-0.25, -0.2) is 0 Å². The van der Waals surface area contributed by atoms with Gasteiger partial charge in [0.15, 0.2) is 5.43 Å². The Morgan fingerprint density at radius 2 is 1.91 bits per heavy atom. The molecule has 0 spiro atoms. The maximum atomic E-state index is 11.9. The summed E-state index contributed by atoms with van der Waals surface area (Å²) in [5.41, 5.74) is 8.89. The van der Waals surface area contributed by atoms with Gasteiger partial charge < -0.3 is 14.9 Å². The van der Waals surface area contributed by atoms with Crippen molar-refractivity contribution in [3.8, 4) is 17.1 Å². The maximum Gasteiger partial charge on any atom is 0.221 e. The monoisotopic (exact) mass is 311 g/mol. The Kier molecular flexibility index (Phi) is 3.56. The van der Waals surface area contributed by atoms with Crippen LogP contribution in [-0.4, -0.2) is 13.0 Å². The van der Waals surface area contributed by atoms with Crippen molar-refractivity contribution in [3.63, 3.8) is 0 Å². The van der Waals surface area contributed by atoms with Crippen molar-refractivity contribution in [2.75, 3.05) is 7.11 Å². The first kappa shape index (κ1) is 15.1. The average Bonchev–Trinajstić information content (AvgIpc) is 2.49. The number of benzene rings is 2. The molecule has 1 heterocycles. The summed E-state index contributed by atoms with van der Waals surface area (Å²) >= 11 is 0. The van der Waals surface area contributed by atoms with Gasteiger partial charge in [-0.3, -0.25) is 9.59 Å². The van der Waals surface area contributed by atoms with E-state index in [9.17, 15) is 9.59 Å². The Hall–Kier alpha value is -2.82. The van der Waals surface area contributed by atoms with E-state index in [1.807, 2.05) is 13.0 Å². The molecule has 0 bridgehead atoms. The number of fused-ring (bicyclic) bond motifs is 2. The number of aryl methyl sites for hydroxylation is 2. The molecule has 118 valence electrons.